The van der Waals surface area contributed by atoms with Crippen molar-refractivity contribution in [3.8, 4) is 11.3 Å². The highest BCUT2D eigenvalue weighted by Crippen LogP contribution is 2.26. The summed E-state index contributed by atoms with van der Waals surface area (Å²) in [6, 6.07) is 8.13. The van der Waals surface area contributed by atoms with Crippen LogP contribution >= 0.6 is 0 Å². The molecule has 1 N–H and O–H groups in total. The van der Waals surface area contributed by atoms with Crippen molar-refractivity contribution >= 4 is 29.4 Å². The van der Waals surface area contributed by atoms with E-state index in [2.05, 4.69) is 22.3 Å². The zero-order valence-electron chi connectivity index (χ0n) is 20.3. The van der Waals surface area contributed by atoms with Gasteiger partial charge in [-0.1, -0.05) is 18.9 Å². The number of ether oxygens (including phenoxy) is 1. The summed E-state index contributed by atoms with van der Waals surface area (Å²) >= 11 is 0. The first kappa shape index (κ1) is 24.4. The number of rotatable bonds is 6. The molecule has 184 valence electrons. The Labute approximate surface area is 203 Å². The summed E-state index contributed by atoms with van der Waals surface area (Å²) < 4.78 is 21.4. The molecular weight excluding hydrogens is 449 g/mol. The van der Waals surface area contributed by atoms with Gasteiger partial charge in [0.2, 0.25) is 0 Å². The summed E-state index contributed by atoms with van der Waals surface area (Å²) in [5.41, 5.74) is 1.99. The summed E-state index contributed by atoms with van der Waals surface area (Å²) in [6.07, 6.45) is 6.96. The summed E-state index contributed by atoms with van der Waals surface area (Å²) in [5, 5.41) is 7.58. The van der Waals surface area contributed by atoms with E-state index in [-0.39, 0.29) is 18.6 Å². The Kier molecular flexibility index (Phi) is 7.43. The van der Waals surface area contributed by atoms with Gasteiger partial charge in [0.15, 0.2) is 5.65 Å². The number of nitrogens with one attached hydrogen (secondary N) is 1. The molecule has 3 heterocycles. The van der Waals surface area contributed by atoms with E-state index >= 15 is 0 Å². The standard InChI is InChI=1S/C26H30FN5O3/c1-4-35-25(33)12-10-18-9-11-19(20(27)14-18)21-15-24-29-22(16-23(28-3)32(24)30-21)26(34)31-13-7-5-6-8-17(31)2/h9-12,14-17,28H,4-8,13H2,1-3H3/b12-10+/t17-/m1/s1. The highest BCUT2D eigenvalue weighted by Gasteiger charge is 2.25. The number of fused-ring (bicyclic) bond motifs is 1. The number of benzene rings is 1. The number of carbonyl (C=O) groups excluding carboxylic acids is 2. The molecule has 0 radical (unpaired) electrons. The van der Waals surface area contributed by atoms with Crippen LogP contribution in [0, 0.1) is 5.82 Å². The lowest BCUT2D eigenvalue weighted by Gasteiger charge is -2.27. The molecule has 1 fully saturated rings. The molecule has 1 amide bonds. The van der Waals surface area contributed by atoms with E-state index in [0.717, 1.165) is 25.7 Å². The lowest BCUT2D eigenvalue weighted by atomic mass is 10.1. The lowest BCUT2D eigenvalue weighted by molar-refractivity contribution is -0.137. The maximum absolute atomic E-state index is 15.0. The summed E-state index contributed by atoms with van der Waals surface area (Å²) in [4.78, 5) is 31.3. The van der Waals surface area contributed by atoms with Gasteiger partial charge in [0.25, 0.3) is 5.91 Å². The second-order valence-electron chi connectivity index (χ2n) is 8.60. The molecule has 1 aliphatic rings. The van der Waals surface area contributed by atoms with Gasteiger partial charge in [0, 0.05) is 43.4 Å². The van der Waals surface area contributed by atoms with Crippen molar-refractivity contribution in [2.45, 2.75) is 45.6 Å². The number of amides is 1. The number of halogens is 1. The smallest absolute Gasteiger partial charge is 0.330 e. The van der Waals surface area contributed by atoms with Crippen molar-refractivity contribution in [2.24, 2.45) is 0 Å². The number of nitrogens with zero attached hydrogens (tertiary/aromatic N) is 4. The molecule has 0 saturated carbocycles. The number of hydrogen-bond acceptors (Lipinski definition) is 6. The van der Waals surface area contributed by atoms with Crippen LogP contribution in [0.3, 0.4) is 0 Å². The highest BCUT2D eigenvalue weighted by molar-refractivity contribution is 5.94. The molecule has 8 nitrogen and oxygen atoms in total. The maximum atomic E-state index is 15.0. The molecule has 0 spiro atoms. The second-order valence-corrected chi connectivity index (χ2v) is 8.60. The second kappa shape index (κ2) is 10.7. The molecule has 3 aromatic rings. The highest BCUT2D eigenvalue weighted by atomic mass is 19.1. The molecular formula is C26H30FN5O3. The van der Waals surface area contributed by atoms with Gasteiger partial charge in [-0.2, -0.15) is 9.61 Å². The fraction of sp³-hybridized carbons (Fsp3) is 0.385. The van der Waals surface area contributed by atoms with Crippen LogP contribution in [0.25, 0.3) is 23.0 Å². The van der Waals surface area contributed by atoms with Crippen molar-refractivity contribution in [3.05, 3.63) is 53.5 Å². The van der Waals surface area contributed by atoms with Crippen molar-refractivity contribution in [1.29, 1.82) is 0 Å². The molecule has 2 aromatic heterocycles. The third kappa shape index (κ3) is 5.34. The first-order valence-electron chi connectivity index (χ1n) is 12.0. The van der Waals surface area contributed by atoms with E-state index in [1.54, 1.807) is 42.8 Å². The molecule has 1 saturated heterocycles. The van der Waals surface area contributed by atoms with Gasteiger partial charge in [0.05, 0.1) is 12.3 Å². The van der Waals surface area contributed by atoms with Crippen LogP contribution in [0.5, 0.6) is 0 Å². The predicted molar refractivity (Wildman–Crippen MR) is 133 cm³/mol. The van der Waals surface area contributed by atoms with Crippen LogP contribution in [0.1, 0.15) is 55.6 Å². The van der Waals surface area contributed by atoms with Crippen LogP contribution in [0.2, 0.25) is 0 Å². The molecule has 1 atom stereocenters. The number of hydrogen-bond donors (Lipinski definition) is 1. The third-order valence-corrected chi connectivity index (χ3v) is 6.18. The van der Waals surface area contributed by atoms with Crippen molar-refractivity contribution in [2.75, 3.05) is 25.5 Å². The van der Waals surface area contributed by atoms with Crippen LogP contribution in [0.15, 0.2) is 36.4 Å². The van der Waals surface area contributed by atoms with Gasteiger partial charge in [0.1, 0.15) is 17.3 Å². The lowest BCUT2D eigenvalue weighted by Crippen LogP contribution is -2.38. The molecule has 0 aliphatic carbocycles. The summed E-state index contributed by atoms with van der Waals surface area (Å²) in [7, 11) is 1.74. The van der Waals surface area contributed by atoms with Gasteiger partial charge in [-0.3, -0.25) is 4.79 Å². The Morgan fingerprint density at radius 1 is 1.23 bits per heavy atom. The van der Waals surface area contributed by atoms with E-state index < -0.39 is 11.8 Å². The maximum Gasteiger partial charge on any atom is 0.330 e. The minimum absolute atomic E-state index is 0.106. The minimum Gasteiger partial charge on any atom is -0.463 e. The Bertz CT molecular complexity index is 1270. The summed E-state index contributed by atoms with van der Waals surface area (Å²) in [5.74, 6) is -0.491. The Morgan fingerprint density at radius 3 is 2.80 bits per heavy atom. The van der Waals surface area contributed by atoms with Crippen LogP contribution < -0.4 is 5.32 Å². The summed E-state index contributed by atoms with van der Waals surface area (Å²) in [6.45, 7) is 4.79. The largest absolute Gasteiger partial charge is 0.463 e. The zero-order valence-corrected chi connectivity index (χ0v) is 20.3. The van der Waals surface area contributed by atoms with Crippen LogP contribution in [-0.2, 0) is 9.53 Å². The SMILES string of the molecule is CCOC(=O)/C=C/c1ccc(-c2cc3nc(C(=O)N4CCCCC[C@H]4C)cc(NC)n3n2)c(F)c1. The van der Waals surface area contributed by atoms with E-state index in [1.165, 1.54) is 18.2 Å². The average Bonchev–Trinajstić information content (AvgIpc) is 3.16. The van der Waals surface area contributed by atoms with Gasteiger partial charge >= 0.3 is 5.97 Å². The molecule has 4 rings (SSSR count). The van der Waals surface area contributed by atoms with Gasteiger partial charge in [-0.25, -0.2) is 14.2 Å². The van der Waals surface area contributed by atoms with Gasteiger partial charge in [-0.05, 0) is 50.5 Å². The molecule has 9 heteroatoms. The average molecular weight is 480 g/mol. The predicted octanol–water partition coefficient (Wildman–Crippen LogP) is 4.56. The number of esters is 1. The number of anilines is 1. The molecule has 1 aromatic carbocycles. The van der Waals surface area contributed by atoms with E-state index in [1.807, 2.05) is 4.90 Å². The fourth-order valence-electron chi connectivity index (χ4n) is 4.31. The molecule has 0 bridgehead atoms. The Balaban J connectivity index is 1.65. The minimum atomic E-state index is -0.486. The third-order valence-electron chi connectivity index (χ3n) is 6.18. The van der Waals surface area contributed by atoms with Gasteiger partial charge < -0.3 is 15.0 Å². The van der Waals surface area contributed by atoms with Crippen LogP contribution in [-0.4, -0.2) is 57.6 Å². The Morgan fingerprint density at radius 2 is 2.06 bits per heavy atom. The molecule has 0 unspecified atom stereocenters. The molecule has 1 aliphatic heterocycles. The topological polar surface area (TPSA) is 88.8 Å². The zero-order chi connectivity index (χ0) is 24.9. The van der Waals surface area contributed by atoms with Crippen molar-refractivity contribution < 1.29 is 18.7 Å². The first-order chi connectivity index (χ1) is 16.9. The van der Waals surface area contributed by atoms with Crippen molar-refractivity contribution in [3.63, 3.8) is 0 Å². The van der Waals surface area contributed by atoms with Crippen LogP contribution in [0.4, 0.5) is 10.2 Å². The van der Waals surface area contributed by atoms with Crippen molar-refractivity contribution in [1.82, 2.24) is 19.5 Å². The van der Waals surface area contributed by atoms with E-state index in [9.17, 15) is 14.0 Å². The Hall–Kier alpha value is -3.75. The first-order valence-corrected chi connectivity index (χ1v) is 12.0. The number of likely N-dealkylation sites (tertiary alicyclic amines) is 1. The number of carbonyl (C=O) groups is 2. The fourth-order valence-corrected chi connectivity index (χ4v) is 4.31. The molecule has 35 heavy (non-hydrogen) atoms. The quantitative estimate of drug-likeness (QED) is 0.412. The number of aromatic nitrogens is 3. The normalized spacial score (nSPS) is 16.5. The van der Waals surface area contributed by atoms with Gasteiger partial charge in [-0.15, -0.1) is 0 Å². The monoisotopic (exact) mass is 479 g/mol. The van der Waals surface area contributed by atoms with E-state index in [4.69, 9.17) is 4.74 Å². The van der Waals surface area contributed by atoms with E-state index in [0.29, 0.717) is 40.5 Å².